The number of nitrogens with one attached hydrogen (secondary N) is 1. The number of hydrogen-bond donors (Lipinski definition) is 1. The number of rotatable bonds is 7. The Morgan fingerprint density at radius 1 is 1.11 bits per heavy atom. The third-order valence-electron chi connectivity index (χ3n) is 4.56. The van der Waals surface area contributed by atoms with Crippen LogP contribution in [0.25, 0.3) is 11.4 Å². The van der Waals surface area contributed by atoms with Gasteiger partial charge in [0.15, 0.2) is 0 Å². The number of sulfonamides is 1. The maximum atomic E-state index is 12.5. The fourth-order valence-electron chi connectivity index (χ4n) is 2.63. The van der Waals surface area contributed by atoms with E-state index in [1.165, 1.54) is 4.31 Å². The van der Waals surface area contributed by atoms with Gasteiger partial charge in [-0.2, -0.15) is 9.29 Å². The number of aryl methyl sites for hydroxylation is 1. The van der Waals surface area contributed by atoms with Gasteiger partial charge in [-0.1, -0.05) is 29.4 Å². The molecule has 3 rings (SSSR count). The Kier molecular flexibility index (Phi) is 5.81. The highest BCUT2D eigenvalue weighted by atomic mass is 32.2. The summed E-state index contributed by atoms with van der Waals surface area (Å²) < 4.78 is 31.7. The molecule has 1 aromatic heterocycles. The zero-order valence-electron chi connectivity index (χ0n) is 16.4. The molecule has 2 aromatic carbocycles. The van der Waals surface area contributed by atoms with Crippen molar-refractivity contribution in [1.82, 2.24) is 14.4 Å². The zero-order valence-corrected chi connectivity index (χ0v) is 17.2. The van der Waals surface area contributed by atoms with Crippen LogP contribution in [0.3, 0.4) is 0 Å². The largest absolute Gasteiger partial charge is 0.376 e. The number of nitrogens with zero attached hydrogens (tertiary/aromatic N) is 3. The summed E-state index contributed by atoms with van der Waals surface area (Å²) in [4.78, 5) is 4.67. The van der Waals surface area contributed by atoms with Crippen LogP contribution in [0, 0.1) is 6.92 Å². The summed E-state index contributed by atoms with van der Waals surface area (Å²) in [6.45, 7) is 6.01. The maximum absolute atomic E-state index is 12.5. The van der Waals surface area contributed by atoms with E-state index < -0.39 is 10.0 Å². The van der Waals surface area contributed by atoms with Crippen LogP contribution >= 0.6 is 0 Å². The van der Waals surface area contributed by atoms with Crippen molar-refractivity contribution >= 4 is 15.7 Å². The van der Waals surface area contributed by atoms with Gasteiger partial charge in [-0.25, -0.2) is 8.42 Å². The van der Waals surface area contributed by atoms with E-state index in [1.807, 2.05) is 45.0 Å². The standard InChI is InChI=1S/C20H24N4O3S/c1-14(2)24(4)28(25,26)17-11-9-16(10-12-17)21-13-19-22-20(23-27-19)18-8-6-5-7-15(18)3/h5-12,14,21H,13H2,1-4H3. The molecule has 8 heteroatoms. The summed E-state index contributed by atoms with van der Waals surface area (Å²) in [5, 5.41) is 7.20. The van der Waals surface area contributed by atoms with Gasteiger partial charge in [0.2, 0.25) is 21.7 Å². The summed E-state index contributed by atoms with van der Waals surface area (Å²) in [7, 11) is -1.91. The molecule has 0 radical (unpaired) electrons. The molecule has 0 aliphatic rings. The van der Waals surface area contributed by atoms with E-state index in [4.69, 9.17) is 4.52 Å². The molecule has 0 saturated carbocycles. The second-order valence-corrected chi connectivity index (χ2v) is 8.82. The van der Waals surface area contributed by atoms with E-state index in [0.29, 0.717) is 18.3 Å². The molecule has 0 bridgehead atoms. The minimum atomic E-state index is -3.49. The molecule has 0 fully saturated rings. The average Bonchev–Trinajstić information content (AvgIpc) is 3.15. The van der Waals surface area contributed by atoms with Gasteiger partial charge >= 0.3 is 0 Å². The highest BCUT2D eigenvalue weighted by molar-refractivity contribution is 7.89. The lowest BCUT2D eigenvalue weighted by Crippen LogP contribution is -2.33. The van der Waals surface area contributed by atoms with Gasteiger partial charge in [-0.3, -0.25) is 0 Å². The molecule has 28 heavy (non-hydrogen) atoms. The van der Waals surface area contributed by atoms with Crippen molar-refractivity contribution in [2.24, 2.45) is 0 Å². The lowest BCUT2D eigenvalue weighted by molar-refractivity contribution is 0.384. The van der Waals surface area contributed by atoms with Crippen molar-refractivity contribution in [2.75, 3.05) is 12.4 Å². The number of benzene rings is 2. The Morgan fingerprint density at radius 3 is 2.43 bits per heavy atom. The first kappa shape index (κ1) is 20.0. The minimum Gasteiger partial charge on any atom is -0.376 e. The first-order valence-corrected chi connectivity index (χ1v) is 10.4. The summed E-state index contributed by atoms with van der Waals surface area (Å²) >= 11 is 0. The monoisotopic (exact) mass is 400 g/mol. The van der Waals surface area contributed by atoms with E-state index in [9.17, 15) is 8.42 Å². The van der Waals surface area contributed by atoms with E-state index in [-0.39, 0.29) is 10.9 Å². The SMILES string of the molecule is Cc1ccccc1-c1noc(CNc2ccc(S(=O)(=O)N(C)C(C)C)cc2)n1. The molecule has 3 aromatic rings. The lowest BCUT2D eigenvalue weighted by atomic mass is 10.1. The maximum Gasteiger partial charge on any atom is 0.246 e. The van der Waals surface area contributed by atoms with Gasteiger partial charge in [-0.05, 0) is 50.6 Å². The summed E-state index contributed by atoms with van der Waals surface area (Å²) in [5.41, 5.74) is 2.77. The molecule has 0 aliphatic carbocycles. The number of anilines is 1. The van der Waals surface area contributed by atoms with E-state index in [0.717, 1.165) is 16.8 Å². The van der Waals surface area contributed by atoms with E-state index in [1.54, 1.807) is 31.3 Å². The second-order valence-electron chi connectivity index (χ2n) is 6.82. The molecule has 7 nitrogen and oxygen atoms in total. The molecular weight excluding hydrogens is 376 g/mol. The highest BCUT2D eigenvalue weighted by Gasteiger charge is 2.22. The molecule has 0 unspecified atom stereocenters. The van der Waals surface area contributed by atoms with Crippen molar-refractivity contribution in [2.45, 2.75) is 38.3 Å². The van der Waals surface area contributed by atoms with Crippen LogP contribution in [0.15, 0.2) is 57.9 Å². The summed E-state index contributed by atoms with van der Waals surface area (Å²) in [5.74, 6) is 1.00. The van der Waals surface area contributed by atoms with Crippen LogP contribution in [0.1, 0.15) is 25.3 Å². The molecule has 0 aliphatic heterocycles. The Balaban J connectivity index is 1.67. The van der Waals surface area contributed by atoms with Gasteiger partial charge in [0, 0.05) is 24.3 Å². The molecule has 0 atom stereocenters. The second kappa shape index (κ2) is 8.12. The third-order valence-corrected chi connectivity index (χ3v) is 6.60. The van der Waals surface area contributed by atoms with Gasteiger partial charge < -0.3 is 9.84 Å². The fraction of sp³-hybridized carbons (Fsp3) is 0.300. The first-order chi connectivity index (χ1) is 13.3. The van der Waals surface area contributed by atoms with Crippen molar-refractivity contribution in [3.63, 3.8) is 0 Å². The molecule has 0 saturated heterocycles. The van der Waals surface area contributed by atoms with Crippen LogP contribution < -0.4 is 5.32 Å². The van der Waals surface area contributed by atoms with Gasteiger partial charge in [0.1, 0.15) is 0 Å². The van der Waals surface area contributed by atoms with Crippen LogP contribution in [0.5, 0.6) is 0 Å². The number of aromatic nitrogens is 2. The van der Waals surface area contributed by atoms with E-state index in [2.05, 4.69) is 15.5 Å². The van der Waals surface area contributed by atoms with Crippen LogP contribution in [0.2, 0.25) is 0 Å². The van der Waals surface area contributed by atoms with Crippen LogP contribution in [-0.2, 0) is 16.6 Å². The van der Waals surface area contributed by atoms with Crippen molar-refractivity contribution in [1.29, 1.82) is 0 Å². The zero-order chi connectivity index (χ0) is 20.3. The van der Waals surface area contributed by atoms with Crippen molar-refractivity contribution < 1.29 is 12.9 Å². The summed E-state index contributed by atoms with van der Waals surface area (Å²) in [6.07, 6.45) is 0. The molecule has 1 heterocycles. The number of hydrogen-bond acceptors (Lipinski definition) is 6. The lowest BCUT2D eigenvalue weighted by Gasteiger charge is -2.21. The average molecular weight is 401 g/mol. The molecular formula is C20H24N4O3S. The Bertz CT molecular complexity index is 1040. The van der Waals surface area contributed by atoms with Crippen molar-refractivity contribution in [3.05, 3.63) is 60.0 Å². The Labute approximate surface area is 165 Å². The quantitative estimate of drug-likeness (QED) is 0.651. The normalized spacial score (nSPS) is 11.9. The molecule has 148 valence electrons. The Hall–Kier alpha value is -2.71. The third kappa shape index (κ3) is 4.23. The Morgan fingerprint density at radius 2 is 1.79 bits per heavy atom. The first-order valence-electron chi connectivity index (χ1n) is 8.99. The topological polar surface area (TPSA) is 88.3 Å². The van der Waals surface area contributed by atoms with Gasteiger partial charge in [0.05, 0.1) is 11.4 Å². The van der Waals surface area contributed by atoms with Gasteiger partial charge in [0.25, 0.3) is 0 Å². The molecule has 0 spiro atoms. The van der Waals surface area contributed by atoms with Crippen LogP contribution in [-0.4, -0.2) is 36.0 Å². The predicted octanol–water partition coefficient (Wildman–Crippen LogP) is 3.69. The molecule has 0 amide bonds. The van der Waals surface area contributed by atoms with Crippen LogP contribution in [0.4, 0.5) is 5.69 Å². The molecule has 1 N–H and O–H groups in total. The summed E-state index contributed by atoms with van der Waals surface area (Å²) in [6, 6.07) is 14.3. The smallest absolute Gasteiger partial charge is 0.246 e. The highest BCUT2D eigenvalue weighted by Crippen LogP contribution is 2.21. The minimum absolute atomic E-state index is 0.109. The van der Waals surface area contributed by atoms with Crippen molar-refractivity contribution in [3.8, 4) is 11.4 Å². The predicted molar refractivity (Wildman–Crippen MR) is 108 cm³/mol. The van der Waals surface area contributed by atoms with Gasteiger partial charge in [-0.15, -0.1) is 0 Å². The fourth-order valence-corrected chi connectivity index (χ4v) is 3.99. The van der Waals surface area contributed by atoms with E-state index >= 15 is 0 Å².